The maximum atomic E-state index is 8.69. The van der Waals surface area contributed by atoms with Gasteiger partial charge in [0.15, 0.2) is 0 Å². The molecule has 2 aromatic rings. The summed E-state index contributed by atoms with van der Waals surface area (Å²) in [6.07, 6.45) is 0. The average molecular weight is 269 g/mol. The van der Waals surface area contributed by atoms with Crippen molar-refractivity contribution >= 4 is 11.3 Å². The molecule has 0 amide bonds. The van der Waals surface area contributed by atoms with Crippen LogP contribution in [-0.4, -0.2) is 11.7 Å². The van der Waals surface area contributed by atoms with E-state index in [2.05, 4.69) is 17.9 Å². The Morgan fingerprint density at radius 2 is 2.00 bits per heavy atom. The number of benzene rings is 1. The number of ether oxygens (including phenoxy) is 1. The number of rotatable bonds is 3. The quantitative estimate of drug-likeness (QED) is 0.871. The van der Waals surface area contributed by atoms with Gasteiger partial charge in [-0.2, -0.15) is 5.26 Å². The molecule has 0 aliphatic carbocycles. The lowest BCUT2D eigenvalue weighted by atomic mass is 10.2. The SMILES string of the molecule is N#Cc1ccc(OCc2cc(C#CCO)cs2)cc1. The van der Waals surface area contributed by atoms with Gasteiger partial charge in [-0.15, -0.1) is 11.3 Å². The highest BCUT2D eigenvalue weighted by molar-refractivity contribution is 7.10. The van der Waals surface area contributed by atoms with Crippen LogP contribution in [0.4, 0.5) is 0 Å². The highest BCUT2D eigenvalue weighted by atomic mass is 32.1. The van der Waals surface area contributed by atoms with Gasteiger partial charge in [0.25, 0.3) is 0 Å². The second-order valence-electron chi connectivity index (χ2n) is 3.69. The van der Waals surface area contributed by atoms with Crippen LogP contribution in [0.1, 0.15) is 16.0 Å². The minimum atomic E-state index is -0.132. The summed E-state index contributed by atoms with van der Waals surface area (Å²) in [4.78, 5) is 1.06. The fourth-order valence-corrected chi connectivity index (χ4v) is 2.17. The highest BCUT2D eigenvalue weighted by Crippen LogP contribution is 2.18. The van der Waals surface area contributed by atoms with Gasteiger partial charge in [0, 0.05) is 15.8 Å². The third-order valence-electron chi connectivity index (χ3n) is 2.33. The van der Waals surface area contributed by atoms with Crippen LogP contribution in [0.5, 0.6) is 5.75 Å². The van der Waals surface area contributed by atoms with Gasteiger partial charge >= 0.3 is 0 Å². The van der Waals surface area contributed by atoms with Gasteiger partial charge < -0.3 is 9.84 Å². The molecule has 0 aliphatic rings. The van der Waals surface area contributed by atoms with Gasteiger partial charge in [-0.05, 0) is 30.3 Å². The van der Waals surface area contributed by atoms with E-state index in [1.165, 1.54) is 0 Å². The van der Waals surface area contributed by atoms with E-state index in [-0.39, 0.29) is 6.61 Å². The predicted octanol–water partition coefficient (Wildman–Crippen LogP) is 2.54. The zero-order chi connectivity index (χ0) is 13.5. The molecule has 1 N–H and O–H groups in total. The first kappa shape index (κ1) is 13.2. The summed E-state index contributed by atoms with van der Waals surface area (Å²) in [7, 11) is 0. The first-order chi connectivity index (χ1) is 9.31. The first-order valence-corrected chi connectivity index (χ1v) is 6.50. The normalized spacial score (nSPS) is 9.26. The van der Waals surface area contributed by atoms with Crippen molar-refractivity contribution in [3.8, 4) is 23.7 Å². The van der Waals surface area contributed by atoms with Crippen LogP contribution in [0.25, 0.3) is 0 Å². The number of hydrogen-bond acceptors (Lipinski definition) is 4. The average Bonchev–Trinajstić information content (AvgIpc) is 2.91. The molecule has 19 heavy (non-hydrogen) atoms. The van der Waals surface area contributed by atoms with E-state index in [9.17, 15) is 0 Å². The van der Waals surface area contributed by atoms with Gasteiger partial charge in [0.1, 0.15) is 19.0 Å². The van der Waals surface area contributed by atoms with Crippen molar-refractivity contribution in [1.29, 1.82) is 5.26 Å². The monoisotopic (exact) mass is 269 g/mol. The molecule has 1 aromatic carbocycles. The van der Waals surface area contributed by atoms with Crippen LogP contribution in [0.15, 0.2) is 35.7 Å². The van der Waals surface area contributed by atoms with E-state index in [1.54, 1.807) is 35.6 Å². The Morgan fingerprint density at radius 3 is 2.68 bits per heavy atom. The Kier molecular flexibility index (Phi) is 4.58. The molecule has 0 fully saturated rings. The van der Waals surface area contributed by atoms with E-state index in [0.717, 1.165) is 16.2 Å². The fourth-order valence-electron chi connectivity index (χ4n) is 1.44. The number of aliphatic hydroxyl groups excluding tert-OH is 1. The molecule has 0 atom stereocenters. The zero-order valence-corrected chi connectivity index (χ0v) is 10.9. The van der Waals surface area contributed by atoms with Crippen LogP contribution < -0.4 is 4.74 Å². The van der Waals surface area contributed by atoms with Crippen LogP contribution in [0.2, 0.25) is 0 Å². The summed E-state index contributed by atoms with van der Waals surface area (Å²) in [5.41, 5.74) is 1.50. The molecule has 4 heteroatoms. The minimum absolute atomic E-state index is 0.132. The maximum absolute atomic E-state index is 8.69. The number of nitrogens with zero attached hydrogens (tertiary/aromatic N) is 1. The lowest BCUT2D eigenvalue weighted by molar-refractivity contribution is 0.310. The second-order valence-corrected chi connectivity index (χ2v) is 4.68. The van der Waals surface area contributed by atoms with Gasteiger partial charge in [0.05, 0.1) is 11.6 Å². The van der Waals surface area contributed by atoms with E-state index in [4.69, 9.17) is 15.1 Å². The smallest absolute Gasteiger partial charge is 0.122 e. The summed E-state index contributed by atoms with van der Waals surface area (Å²) in [6, 6.07) is 11.0. The molecular weight excluding hydrogens is 258 g/mol. The van der Waals surface area contributed by atoms with Crippen molar-refractivity contribution in [2.24, 2.45) is 0 Å². The molecule has 0 saturated carbocycles. The minimum Gasteiger partial charge on any atom is -0.488 e. The Morgan fingerprint density at radius 1 is 1.21 bits per heavy atom. The topological polar surface area (TPSA) is 53.2 Å². The molecule has 0 aliphatic heterocycles. The molecular formula is C15H11NO2S. The molecule has 2 rings (SSSR count). The molecule has 0 radical (unpaired) electrons. The Labute approximate surface area is 115 Å². The summed E-state index contributed by atoms with van der Waals surface area (Å²) in [5.74, 6) is 6.18. The lowest BCUT2D eigenvalue weighted by Gasteiger charge is -2.03. The predicted molar refractivity (Wildman–Crippen MR) is 73.8 cm³/mol. The maximum Gasteiger partial charge on any atom is 0.122 e. The standard InChI is InChI=1S/C15H11NO2S/c16-9-12-3-5-14(6-4-12)18-10-15-8-13(11-19-15)2-1-7-17/h3-6,8,11,17H,7,10H2. The lowest BCUT2D eigenvalue weighted by Crippen LogP contribution is -1.92. The first-order valence-electron chi connectivity index (χ1n) is 5.62. The van der Waals surface area contributed by atoms with Crippen molar-refractivity contribution in [2.45, 2.75) is 6.61 Å². The zero-order valence-electron chi connectivity index (χ0n) is 10.1. The molecule has 0 bridgehead atoms. The summed E-state index contributed by atoms with van der Waals surface area (Å²) in [6.45, 7) is 0.338. The van der Waals surface area contributed by atoms with Crippen LogP contribution >= 0.6 is 11.3 Å². The number of thiophene rings is 1. The Hall–Kier alpha value is -2.27. The number of aliphatic hydroxyl groups is 1. The molecule has 1 heterocycles. The third kappa shape index (κ3) is 3.86. The van der Waals surface area contributed by atoms with E-state index in [1.807, 2.05) is 11.4 Å². The molecule has 3 nitrogen and oxygen atoms in total. The fraction of sp³-hybridized carbons (Fsp3) is 0.133. The highest BCUT2D eigenvalue weighted by Gasteiger charge is 2.00. The van der Waals surface area contributed by atoms with E-state index >= 15 is 0 Å². The van der Waals surface area contributed by atoms with Crippen molar-refractivity contribution < 1.29 is 9.84 Å². The third-order valence-corrected chi connectivity index (χ3v) is 3.24. The van der Waals surface area contributed by atoms with Crippen molar-refractivity contribution in [1.82, 2.24) is 0 Å². The van der Waals surface area contributed by atoms with Crippen molar-refractivity contribution in [3.05, 3.63) is 51.7 Å². The molecule has 94 valence electrons. The van der Waals surface area contributed by atoms with E-state index < -0.39 is 0 Å². The largest absolute Gasteiger partial charge is 0.488 e. The van der Waals surface area contributed by atoms with Gasteiger partial charge in [-0.25, -0.2) is 0 Å². The summed E-state index contributed by atoms with van der Waals surface area (Å²) < 4.78 is 5.61. The number of nitriles is 1. The molecule has 1 aromatic heterocycles. The molecule has 0 spiro atoms. The molecule has 0 unspecified atom stereocenters. The van der Waals surface area contributed by atoms with E-state index in [0.29, 0.717) is 12.2 Å². The Balaban J connectivity index is 1.94. The van der Waals surface area contributed by atoms with Gasteiger partial charge in [-0.1, -0.05) is 11.8 Å². The number of hydrogen-bond donors (Lipinski definition) is 1. The van der Waals surface area contributed by atoms with Crippen LogP contribution in [-0.2, 0) is 6.61 Å². The van der Waals surface area contributed by atoms with Crippen molar-refractivity contribution in [3.63, 3.8) is 0 Å². The Bertz CT molecular complexity index is 641. The van der Waals surface area contributed by atoms with Crippen LogP contribution in [0.3, 0.4) is 0 Å². The summed E-state index contributed by atoms with van der Waals surface area (Å²) >= 11 is 1.57. The summed E-state index contributed by atoms with van der Waals surface area (Å²) in [5, 5.41) is 19.2. The van der Waals surface area contributed by atoms with Gasteiger partial charge in [0.2, 0.25) is 0 Å². The van der Waals surface area contributed by atoms with Gasteiger partial charge in [-0.3, -0.25) is 0 Å². The second kappa shape index (κ2) is 6.61. The van der Waals surface area contributed by atoms with Crippen LogP contribution in [0, 0.1) is 23.2 Å². The molecule has 0 saturated heterocycles. The van der Waals surface area contributed by atoms with Crippen molar-refractivity contribution in [2.75, 3.05) is 6.61 Å².